The van der Waals surface area contributed by atoms with Crippen molar-refractivity contribution in [3.05, 3.63) is 78.1 Å². The van der Waals surface area contributed by atoms with E-state index in [1.54, 1.807) is 4.68 Å². The van der Waals surface area contributed by atoms with Crippen LogP contribution in [0.1, 0.15) is 38.1 Å². The van der Waals surface area contributed by atoms with Crippen LogP contribution in [0.3, 0.4) is 0 Å². The SMILES string of the molecule is CC(C(=O)NC(C)(C)c1cn(-c2ccccc2)nn1)C(N)c1ccccc1. The fraction of sp³-hybridized carbons (Fsp3) is 0.286. The predicted molar refractivity (Wildman–Crippen MR) is 105 cm³/mol. The highest BCUT2D eigenvalue weighted by atomic mass is 16.2. The lowest BCUT2D eigenvalue weighted by atomic mass is 9.92. The van der Waals surface area contributed by atoms with Crippen LogP contribution < -0.4 is 11.1 Å². The van der Waals surface area contributed by atoms with Crippen molar-refractivity contribution < 1.29 is 4.79 Å². The minimum Gasteiger partial charge on any atom is -0.345 e. The zero-order valence-electron chi connectivity index (χ0n) is 15.8. The molecule has 0 radical (unpaired) electrons. The number of carbonyl (C=O) groups excluding carboxylic acids is 1. The van der Waals surface area contributed by atoms with Crippen molar-refractivity contribution in [3.8, 4) is 5.69 Å². The van der Waals surface area contributed by atoms with Crippen molar-refractivity contribution in [2.75, 3.05) is 0 Å². The standard InChI is InChI=1S/C21H25N5O/c1-15(19(22)16-10-6-4-7-11-16)20(27)23-21(2,3)18-14-26(25-24-18)17-12-8-5-9-13-17/h4-15,19H,22H2,1-3H3,(H,23,27). The minimum absolute atomic E-state index is 0.120. The van der Waals surface area contributed by atoms with E-state index in [0.717, 1.165) is 11.3 Å². The molecule has 0 aliphatic heterocycles. The molecule has 2 aromatic carbocycles. The number of aromatic nitrogens is 3. The quantitative estimate of drug-likeness (QED) is 0.705. The van der Waals surface area contributed by atoms with E-state index in [9.17, 15) is 4.79 Å². The van der Waals surface area contributed by atoms with Crippen LogP contribution in [-0.4, -0.2) is 20.9 Å². The molecule has 6 nitrogen and oxygen atoms in total. The molecule has 0 saturated carbocycles. The number of nitrogens with one attached hydrogen (secondary N) is 1. The van der Waals surface area contributed by atoms with E-state index in [4.69, 9.17) is 5.73 Å². The Labute approximate surface area is 159 Å². The van der Waals surface area contributed by atoms with E-state index < -0.39 is 5.54 Å². The normalized spacial score (nSPS) is 13.8. The molecule has 0 aliphatic rings. The van der Waals surface area contributed by atoms with E-state index >= 15 is 0 Å². The van der Waals surface area contributed by atoms with Gasteiger partial charge < -0.3 is 11.1 Å². The Hall–Kier alpha value is -2.99. The number of rotatable bonds is 6. The molecule has 140 valence electrons. The largest absolute Gasteiger partial charge is 0.345 e. The molecule has 0 bridgehead atoms. The number of nitrogens with zero attached hydrogens (tertiary/aromatic N) is 3. The second-order valence-electron chi connectivity index (χ2n) is 7.22. The molecule has 2 unspecified atom stereocenters. The molecule has 27 heavy (non-hydrogen) atoms. The van der Waals surface area contributed by atoms with Crippen LogP contribution in [0.4, 0.5) is 0 Å². The first-order valence-electron chi connectivity index (χ1n) is 8.99. The van der Waals surface area contributed by atoms with Crippen LogP contribution in [0.15, 0.2) is 66.9 Å². The maximum atomic E-state index is 12.8. The van der Waals surface area contributed by atoms with Crippen molar-refractivity contribution in [1.82, 2.24) is 20.3 Å². The Morgan fingerprint density at radius 2 is 1.67 bits per heavy atom. The second kappa shape index (κ2) is 7.72. The topological polar surface area (TPSA) is 85.8 Å². The number of hydrogen-bond acceptors (Lipinski definition) is 4. The molecule has 0 aliphatic carbocycles. The van der Waals surface area contributed by atoms with Crippen LogP contribution in [0.2, 0.25) is 0 Å². The molecule has 6 heteroatoms. The van der Waals surface area contributed by atoms with Gasteiger partial charge in [-0.05, 0) is 31.5 Å². The maximum absolute atomic E-state index is 12.8. The molecular formula is C21H25N5O. The van der Waals surface area contributed by atoms with Gasteiger partial charge in [0.05, 0.1) is 23.3 Å². The summed E-state index contributed by atoms with van der Waals surface area (Å²) in [5.41, 5.74) is 8.15. The van der Waals surface area contributed by atoms with Crippen molar-refractivity contribution in [2.45, 2.75) is 32.4 Å². The summed E-state index contributed by atoms with van der Waals surface area (Å²) in [6.07, 6.45) is 1.83. The van der Waals surface area contributed by atoms with Crippen LogP contribution >= 0.6 is 0 Å². The van der Waals surface area contributed by atoms with Crippen LogP contribution in [0.25, 0.3) is 5.69 Å². The minimum atomic E-state index is -0.672. The van der Waals surface area contributed by atoms with Crippen molar-refractivity contribution in [1.29, 1.82) is 0 Å². The Morgan fingerprint density at radius 3 is 2.30 bits per heavy atom. The van der Waals surface area contributed by atoms with Gasteiger partial charge in [-0.3, -0.25) is 4.79 Å². The summed E-state index contributed by atoms with van der Waals surface area (Å²) >= 11 is 0. The second-order valence-corrected chi connectivity index (χ2v) is 7.22. The third-order valence-electron chi connectivity index (χ3n) is 4.73. The van der Waals surface area contributed by atoms with Gasteiger partial charge in [0.1, 0.15) is 5.69 Å². The lowest BCUT2D eigenvalue weighted by Gasteiger charge is -2.28. The van der Waals surface area contributed by atoms with Gasteiger partial charge in [0, 0.05) is 6.04 Å². The third-order valence-corrected chi connectivity index (χ3v) is 4.73. The van der Waals surface area contributed by atoms with E-state index in [1.165, 1.54) is 0 Å². The van der Waals surface area contributed by atoms with E-state index in [0.29, 0.717) is 5.69 Å². The number of para-hydroxylation sites is 1. The van der Waals surface area contributed by atoms with E-state index in [1.807, 2.05) is 87.6 Å². The van der Waals surface area contributed by atoms with Gasteiger partial charge in [-0.25, -0.2) is 4.68 Å². The van der Waals surface area contributed by atoms with Crippen molar-refractivity contribution in [2.24, 2.45) is 11.7 Å². The highest BCUT2D eigenvalue weighted by Gasteiger charge is 2.30. The first kappa shape index (κ1) is 18.8. The zero-order valence-corrected chi connectivity index (χ0v) is 15.8. The Balaban J connectivity index is 1.72. The number of carbonyl (C=O) groups is 1. The summed E-state index contributed by atoms with van der Waals surface area (Å²) in [7, 11) is 0. The van der Waals surface area contributed by atoms with Gasteiger partial charge in [0.2, 0.25) is 5.91 Å². The Kier molecular flexibility index (Phi) is 5.37. The van der Waals surface area contributed by atoms with E-state index in [-0.39, 0.29) is 17.9 Å². The average molecular weight is 363 g/mol. The number of benzene rings is 2. The van der Waals surface area contributed by atoms with Gasteiger partial charge in [-0.15, -0.1) is 5.10 Å². The molecule has 0 fully saturated rings. The highest BCUT2D eigenvalue weighted by molar-refractivity contribution is 5.80. The Bertz CT molecular complexity index is 889. The van der Waals surface area contributed by atoms with Crippen molar-refractivity contribution >= 4 is 5.91 Å². The number of nitrogens with two attached hydrogens (primary N) is 1. The molecule has 0 spiro atoms. The molecule has 1 aromatic heterocycles. The molecule has 1 heterocycles. The number of amides is 1. The first-order valence-corrected chi connectivity index (χ1v) is 8.99. The number of hydrogen-bond donors (Lipinski definition) is 2. The van der Waals surface area contributed by atoms with Gasteiger partial charge in [-0.2, -0.15) is 0 Å². The average Bonchev–Trinajstić information content (AvgIpc) is 3.19. The molecule has 3 N–H and O–H groups in total. The zero-order chi connectivity index (χ0) is 19.4. The summed E-state index contributed by atoms with van der Waals surface area (Å²) in [4.78, 5) is 12.8. The van der Waals surface area contributed by atoms with Gasteiger partial charge >= 0.3 is 0 Å². The molecule has 2 atom stereocenters. The fourth-order valence-electron chi connectivity index (χ4n) is 2.87. The smallest absolute Gasteiger partial charge is 0.225 e. The summed E-state index contributed by atoms with van der Waals surface area (Å²) in [5.74, 6) is -0.499. The lowest BCUT2D eigenvalue weighted by molar-refractivity contribution is -0.126. The van der Waals surface area contributed by atoms with Gasteiger partial charge in [-0.1, -0.05) is 60.7 Å². The van der Waals surface area contributed by atoms with Crippen molar-refractivity contribution in [3.63, 3.8) is 0 Å². The van der Waals surface area contributed by atoms with Crippen LogP contribution in [-0.2, 0) is 10.3 Å². The monoisotopic (exact) mass is 363 g/mol. The lowest BCUT2D eigenvalue weighted by Crippen LogP contribution is -2.45. The summed E-state index contributed by atoms with van der Waals surface area (Å²) in [5, 5.41) is 11.5. The van der Waals surface area contributed by atoms with Crippen LogP contribution in [0.5, 0.6) is 0 Å². The molecule has 1 amide bonds. The molecule has 0 saturated heterocycles. The summed E-state index contributed by atoms with van der Waals surface area (Å²) in [6.45, 7) is 5.65. The third kappa shape index (κ3) is 4.23. The van der Waals surface area contributed by atoms with Gasteiger partial charge in [0.15, 0.2) is 0 Å². The summed E-state index contributed by atoms with van der Waals surface area (Å²) in [6, 6.07) is 19.0. The first-order chi connectivity index (χ1) is 12.9. The maximum Gasteiger partial charge on any atom is 0.225 e. The summed E-state index contributed by atoms with van der Waals surface area (Å²) < 4.78 is 1.70. The predicted octanol–water partition coefficient (Wildman–Crippen LogP) is 2.95. The fourth-order valence-corrected chi connectivity index (χ4v) is 2.87. The Morgan fingerprint density at radius 1 is 1.07 bits per heavy atom. The van der Waals surface area contributed by atoms with E-state index in [2.05, 4.69) is 15.6 Å². The molecular weight excluding hydrogens is 338 g/mol. The van der Waals surface area contributed by atoms with Crippen LogP contribution in [0, 0.1) is 5.92 Å². The van der Waals surface area contributed by atoms with Gasteiger partial charge in [0.25, 0.3) is 0 Å². The molecule has 3 rings (SSSR count). The molecule has 3 aromatic rings. The highest BCUT2D eigenvalue weighted by Crippen LogP contribution is 2.23.